The van der Waals surface area contributed by atoms with Gasteiger partial charge in [0, 0.05) is 0 Å². The zero-order chi connectivity index (χ0) is 13.9. The molecule has 0 aliphatic rings. The van der Waals surface area contributed by atoms with Gasteiger partial charge >= 0.3 is 0 Å². The highest BCUT2D eigenvalue weighted by Crippen LogP contribution is 2.30. The summed E-state index contributed by atoms with van der Waals surface area (Å²) in [6, 6.07) is 5.24. The molecule has 98 valence electrons. The number of nitrogens with zero attached hydrogens (tertiary/aromatic N) is 1. The Morgan fingerprint density at radius 1 is 1.22 bits per heavy atom. The average Bonchev–Trinajstić information content (AvgIpc) is 2.20. The molecule has 1 rings (SSSR count). The van der Waals surface area contributed by atoms with Crippen LogP contribution in [0.3, 0.4) is 0 Å². The summed E-state index contributed by atoms with van der Waals surface area (Å²) in [5.74, 6) is 0.458. The molecule has 0 amide bonds. The quantitative estimate of drug-likeness (QED) is 0.577. The van der Waals surface area contributed by atoms with Crippen molar-refractivity contribution < 1.29 is 0 Å². The van der Waals surface area contributed by atoms with Crippen LogP contribution in [0, 0.1) is 0 Å². The van der Waals surface area contributed by atoms with Gasteiger partial charge in [0.25, 0.3) is 0 Å². The second-order valence-corrected chi connectivity index (χ2v) is 6.03. The smallest absolute Gasteiger partial charge is 0.144 e. The minimum atomic E-state index is -0.284. The molecule has 0 radical (unpaired) electrons. The van der Waals surface area contributed by atoms with Gasteiger partial charge < -0.3 is 5.32 Å². The Morgan fingerprint density at radius 2 is 1.72 bits per heavy atom. The van der Waals surface area contributed by atoms with Gasteiger partial charge in [-0.1, -0.05) is 47.4 Å². The van der Waals surface area contributed by atoms with Crippen LogP contribution < -0.4 is 5.32 Å². The summed E-state index contributed by atoms with van der Waals surface area (Å²) in [4.78, 5) is 4.44. The lowest BCUT2D eigenvalue weighted by Crippen LogP contribution is -2.20. The van der Waals surface area contributed by atoms with Gasteiger partial charge in [-0.05, 0) is 32.9 Å². The van der Waals surface area contributed by atoms with Crippen molar-refractivity contribution in [2.75, 3.05) is 5.32 Å². The molecule has 0 spiro atoms. The van der Waals surface area contributed by atoms with Crippen LogP contribution in [0.2, 0.25) is 10.0 Å². The Morgan fingerprint density at radius 3 is 2.11 bits per heavy atom. The summed E-state index contributed by atoms with van der Waals surface area (Å²) in [6.45, 7) is 9.56. The van der Waals surface area contributed by atoms with E-state index in [9.17, 15) is 0 Å². The second-order valence-electron chi connectivity index (χ2n) is 4.76. The summed E-state index contributed by atoms with van der Waals surface area (Å²) >= 11 is 18.1. The maximum absolute atomic E-state index is 6.07. The summed E-state index contributed by atoms with van der Waals surface area (Å²) in [7, 11) is 0. The van der Waals surface area contributed by atoms with Crippen LogP contribution in [0.1, 0.15) is 20.8 Å². The molecule has 0 unspecified atom stereocenters. The first kappa shape index (κ1) is 15.4. The number of benzene rings is 1. The zero-order valence-electron chi connectivity index (χ0n) is 10.5. The fraction of sp³-hybridized carbons (Fsp3) is 0.308. The lowest BCUT2D eigenvalue weighted by atomic mass is 10.1. The molecule has 18 heavy (non-hydrogen) atoms. The van der Waals surface area contributed by atoms with Gasteiger partial charge in [0.2, 0.25) is 0 Å². The van der Waals surface area contributed by atoms with E-state index in [4.69, 9.17) is 34.8 Å². The number of hydrogen-bond acceptors (Lipinski definition) is 1. The van der Waals surface area contributed by atoms with Crippen molar-refractivity contribution in [2.45, 2.75) is 26.3 Å². The molecule has 0 saturated heterocycles. The highest BCUT2D eigenvalue weighted by Gasteiger charge is 2.14. The van der Waals surface area contributed by atoms with E-state index in [1.165, 1.54) is 0 Å². The van der Waals surface area contributed by atoms with Crippen LogP contribution >= 0.6 is 34.8 Å². The molecular weight excluding hydrogens is 291 g/mol. The van der Waals surface area contributed by atoms with Crippen LogP contribution in [-0.2, 0) is 0 Å². The number of anilines is 1. The first-order valence-electron chi connectivity index (χ1n) is 5.36. The van der Waals surface area contributed by atoms with Gasteiger partial charge in [-0.2, -0.15) is 0 Å². The molecule has 0 heterocycles. The maximum Gasteiger partial charge on any atom is 0.144 e. The van der Waals surface area contributed by atoms with E-state index in [0.29, 0.717) is 26.6 Å². The number of para-hydroxylation sites is 1. The molecule has 0 aliphatic heterocycles. The Labute approximate surface area is 123 Å². The van der Waals surface area contributed by atoms with E-state index in [2.05, 4.69) is 16.9 Å². The third-order valence-corrected chi connectivity index (χ3v) is 2.72. The Balaban J connectivity index is 3.13. The van der Waals surface area contributed by atoms with Gasteiger partial charge in [0.1, 0.15) is 5.84 Å². The lowest BCUT2D eigenvalue weighted by molar-refractivity contribution is 0.584. The second kappa shape index (κ2) is 5.96. The predicted octanol–water partition coefficient (Wildman–Crippen LogP) is 5.35. The SMILES string of the molecule is C=C(Cl)C(=NC(C)(C)C)Nc1c(Cl)cccc1Cl. The van der Waals surface area contributed by atoms with Crippen LogP contribution in [0.25, 0.3) is 0 Å². The van der Waals surface area contributed by atoms with Crippen molar-refractivity contribution in [1.29, 1.82) is 0 Å². The van der Waals surface area contributed by atoms with Gasteiger partial charge in [-0.15, -0.1) is 0 Å². The standard InChI is InChI=1S/C13H15Cl3N2/c1-8(14)12(18-13(2,3)4)17-11-9(15)6-5-7-10(11)16/h5-7H,1H2,2-4H3,(H,17,18). The third-order valence-electron chi connectivity index (χ3n) is 1.91. The highest BCUT2D eigenvalue weighted by molar-refractivity contribution is 6.46. The third kappa shape index (κ3) is 4.52. The maximum atomic E-state index is 6.07. The molecule has 5 heteroatoms. The number of nitrogens with one attached hydrogen (secondary N) is 1. The van der Waals surface area contributed by atoms with Crippen molar-refractivity contribution in [3.63, 3.8) is 0 Å². The van der Waals surface area contributed by atoms with Gasteiger partial charge in [0.05, 0.1) is 26.3 Å². The van der Waals surface area contributed by atoms with Crippen LogP contribution in [0.4, 0.5) is 5.69 Å². The van der Waals surface area contributed by atoms with Gasteiger partial charge in [-0.3, -0.25) is 4.99 Å². The molecule has 0 atom stereocenters. The number of hydrogen-bond donors (Lipinski definition) is 1. The molecule has 0 saturated carbocycles. The predicted molar refractivity (Wildman–Crippen MR) is 82.3 cm³/mol. The minimum absolute atomic E-state index is 0.284. The Bertz CT molecular complexity index is 467. The molecule has 0 bridgehead atoms. The van der Waals surface area contributed by atoms with Gasteiger partial charge in [0.15, 0.2) is 0 Å². The molecule has 1 aromatic rings. The molecule has 0 aliphatic carbocycles. The molecule has 1 aromatic carbocycles. The van der Waals surface area contributed by atoms with Crippen LogP contribution in [0.15, 0.2) is 34.8 Å². The first-order chi connectivity index (χ1) is 8.20. The van der Waals surface area contributed by atoms with Gasteiger partial charge in [-0.25, -0.2) is 0 Å². The number of halogens is 3. The van der Waals surface area contributed by atoms with Crippen LogP contribution in [0.5, 0.6) is 0 Å². The number of aliphatic imine (C=N–C) groups is 1. The van der Waals surface area contributed by atoms with E-state index in [1.807, 2.05) is 20.8 Å². The first-order valence-corrected chi connectivity index (χ1v) is 6.50. The van der Waals surface area contributed by atoms with Crippen molar-refractivity contribution in [1.82, 2.24) is 0 Å². The lowest BCUT2D eigenvalue weighted by Gasteiger charge is -2.18. The van der Waals surface area contributed by atoms with E-state index in [0.717, 1.165) is 0 Å². The van der Waals surface area contributed by atoms with E-state index >= 15 is 0 Å². The van der Waals surface area contributed by atoms with Crippen molar-refractivity contribution in [3.05, 3.63) is 39.9 Å². The molecular formula is C13H15Cl3N2. The zero-order valence-corrected chi connectivity index (χ0v) is 12.8. The molecule has 0 fully saturated rings. The number of rotatable bonds is 2. The molecule has 1 N–H and O–H groups in total. The molecule has 2 nitrogen and oxygen atoms in total. The van der Waals surface area contributed by atoms with Crippen molar-refractivity contribution in [3.8, 4) is 0 Å². The summed E-state index contributed by atoms with van der Waals surface area (Å²) < 4.78 is 0. The normalized spacial score (nSPS) is 12.4. The fourth-order valence-corrected chi connectivity index (χ4v) is 1.81. The average molecular weight is 306 g/mol. The largest absolute Gasteiger partial charge is 0.337 e. The summed E-state index contributed by atoms with van der Waals surface area (Å²) in [6.07, 6.45) is 0. The Hall–Kier alpha value is -0.700. The van der Waals surface area contributed by atoms with E-state index in [1.54, 1.807) is 18.2 Å². The highest BCUT2D eigenvalue weighted by atomic mass is 35.5. The Kier molecular flexibility index (Phi) is 5.09. The van der Waals surface area contributed by atoms with Crippen LogP contribution in [-0.4, -0.2) is 11.4 Å². The minimum Gasteiger partial charge on any atom is -0.337 e. The summed E-state index contributed by atoms with van der Waals surface area (Å²) in [5, 5.41) is 4.34. The number of amidine groups is 1. The topological polar surface area (TPSA) is 24.4 Å². The van der Waals surface area contributed by atoms with Crippen molar-refractivity contribution in [2.24, 2.45) is 4.99 Å². The van der Waals surface area contributed by atoms with Crippen molar-refractivity contribution >= 4 is 46.3 Å². The fourth-order valence-electron chi connectivity index (χ4n) is 1.23. The van der Waals surface area contributed by atoms with E-state index in [-0.39, 0.29) is 5.54 Å². The van der Waals surface area contributed by atoms with E-state index < -0.39 is 0 Å². The molecule has 0 aromatic heterocycles. The monoisotopic (exact) mass is 304 g/mol. The summed E-state index contributed by atoms with van der Waals surface area (Å²) in [5.41, 5.74) is 0.291.